The van der Waals surface area contributed by atoms with E-state index in [1.165, 1.54) is 31.5 Å². The molecule has 0 atom stereocenters. The number of hydrogen-bond donors (Lipinski definition) is 0. The van der Waals surface area contributed by atoms with Gasteiger partial charge in [0.15, 0.2) is 0 Å². The quantitative estimate of drug-likeness (QED) is 0.712. The van der Waals surface area contributed by atoms with Crippen molar-refractivity contribution >= 4 is 11.6 Å². The number of piperidine rings is 1. The van der Waals surface area contributed by atoms with E-state index in [9.17, 15) is 0 Å². The first-order chi connectivity index (χ1) is 7.40. The van der Waals surface area contributed by atoms with Crippen LogP contribution >= 0.6 is 11.6 Å². The zero-order chi connectivity index (χ0) is 10.5. The fourth-order valence-electron chi connectivity index (χ4n) is 2.33. The van der Waals surface area contributed by atoms with E-state index in [1.807, 2.05) is 0 Å². The summed E-state index contributed by atoms with van der Waals surface area (Å²) in [6.45, 7) is 3.45. The number of likely N-dealkylation sites (tertiary alicyclic amines) is 1. The Morgan fingerprint density at radius 1 is 1.13 bits per heavy atom. The van der Waals surface area contributed by atoms with Crippen molar-refractivity contribution < 1.29 is 0 Å². The predicted octanol–water partition coefficient (Wildman–Crippen LogP) is 3.10. The topological polar surface area (TPSA) is 3.24 Å². The Morgan fingerprint density at radius 2 is 1.80 bits per heavy atom. The van der Waals surface area contributed by atoms with Gasteiger partial charge in [0.05, 0.1) is 0 Å². The van der Waals surface area contributed by atoms with Crippen LogP contribution in [0.25, 0.3) is 0 Å². The first kappa shape index (κ1) is 11.0. The van der Waals surface area contributed by atoms with Gasteiger partial charge in [0.2, 0.25) is 0 Å². The molecule has 2 heteroatoms. The summed E-state index contributed by atoms with van der Waals surface area (Å²) in [6.07, 6.45) is 2.56. The Bertz CT molecular complexity index is 278. The van der Waals surface area contributed by atoms with Gasteiger partial charge in [-0.1, -0.05) is 30.3 Å². The van der Waals surface area contributed by atoms with Crippen LogP contribution in [0.4, 0.5) is 0 Å². The minimum Gasteiger partial charge on any atom is -0.302 e. The second-order valence-corrected chi connectivity index (χ2v) is 4.59. The summed E-state index contributed by atoms with van der Waals surface area (Å²) in [4.78, 5) is 2.46. The van der Waals surface area contributed by atoms with Crippen molar-refractivity contribution in [1.29, 1.82) is 0 Å². The van der Waals surface area contributed by atoms with Crippen LogP contribution in [0.1, 0.15) is 24.3 Å². The van der Waals surface area contributed by atoms with Crippen molar-refractivity contribution in [3.05, 3.63) is 35.9 Å². The Labute approximate surface area is 97.0 Å². The van der Waals surface area contributed by atoms with E-state index < -0.39 is 0 Å². The SMILES string of the molecule is ClCCN1CCC(c2ccccc2)CC1. The van der Waals surface area contributed by atoms with Gasteiger partial charge >= 0.3 is 0 Å². The third kappa shape index (κ3) is 2.96. The number of alkyl halides is 1. The molecule has 1 aromatic carbocycles. The Balaban J connectivity index is 1.88. The first-order valence-electron chi connectivity index (χ1n) is 5.73. The normalized spacial score (nSPS) is 19.3. The first-order valence-corrected chi connectivity index (χ1v) is 6.27. The molecule has 1 fully saturated rings. The number of rotatable bonds is 3. The smallest absolute Gasteiger partial charge is 0.0351 e. The fourth-order valence-corrected chi connectivity index (χ4v) is 2.57. The van der Waals surface area contributed by atoms with Crippen molar-refractivity contribution in [1.82, 2.24) is 4.90 Å². The van der Waals surface area contributed by atoms with Crippen LogP contribution in [-0.4, -0.2) is 30.4 Å². The van der Waals surface area contributed by atoms with Crippen LogP contribution in [0, 0.1) is 0 Å². The summed E-state index contributed by atoms with van der Waals surface area (Å²) in [7, 11) is 0. The molecule has 1 nitrogen and oxygen atoms in total. The summed E-state index contributed by atoms with van der Waals surface area (Å²) < 4.78 is 0. The van der Waals surface area contributed by atoms with E-state index in [2.05, 4.69) is 35.2 Å². The lowest BCUT2D eigenvalue weighted by Gasteiger charge is -2.31. The minimum atomic E-state index is 0.760. The van der Waals surface area contributed by atoms with E-state index in [1.54, 1.807) is 0 Å². The van der Waals surface area contributed by atoms with Gasteiger partial charge in [-0.2, -0.15) is 0 Å². The van der Waals surface area contributed by atoms with Crippen LogP contribution in [0.15, 0.2) is 30.3 Å². The van der Waals surface area contributed by atoms with Crippen LogP contribution in [0.3, 0.4) is 0 Å². The molecule has 0 spiro atoms. The number of halogens is 1. The van der Waals surface area contributed by atoms with E-state index in [0.29, 0.717) is 0 Å². The Morgan fingerprint density at radius 3 is 2.40 bits per heavy atom. The summed E-state index contributed by atoms with van der Waals surface area (Å²) >= 11 is 5.75. The monoisotopic (exact) mass is 223 g/mol. The highest BCUT2D eigenvalue weighted by molar-refractivity contribution is 6.18. The summed E-state index contributed by atoms with van der Waals surface area (Å²) in [5.41, 5.74) is 1.50. The molecular formula is C13H18ClN. The van der Waals surface area contributed by atoms with E-state index in [-0.39, 0.29) is 0 Å². The van der Waals surface area contributed by atoms with E-state index >= 15 is 0 Å². The highest BCUT2D eigenvalue weighted by Crippen LogP contribution is 2.27. The molecule has 1 aliphatic rings. The van der Waals surface area contributed by atoms with Crippen molar-refractivity contribution in [3.63, 3.8) is 0 Å². The minimum absolute atomic E-state index is 0.760. The molecule has 1 aromatic rings. The molecule has 1 saturated heterocycles. The molecule has 0 N–H and O–H groups in total. The van der Waals surface area contributed by atoms with E-state index in [4.69, 9.17) is 11.6 Å². The van der Waals surface area contributed by atoms with Crippen LogP contribution in [0.2, 0.25) is 0 Å². The second-order valence-electron chi connectivity index (χ2n) is 4.22. The standard InChI is InChI=1S/C13H18ClN/c14-8-11-15-9-6-13(7-10-15)12-4-2-1-3-5-12/h1-5,13H,6-11H2. The molecule has 0 aliphatic carbocycles. The van der Waals surface area contributed by atoms with Crippen molar-refractivity contribution in [2.45, 2.75) is 18.8 Å². The molecule has 2 rings (SSSR count). The average Bonchev–Trinajstić information content (AvgIpc) is 2.32. The molecule has 0 radical (unpaired) electrons. The van der Waals surface area contributed by atoms with Crippen molar-refractivity contribution in [2.75, 3.05) is 25.5 Å². The molecule has 1 heterocycles. The van der Waals surface area contributed by atoms with Gasteiger partial charge in [0.1, 0.15) is 0 Å². The maximum absolute atomic E-state index is 5.75. The highest BCUT2D eigenvalue weighted by Gasteiger charge is 2.19. The molecule has 0 amide bonds. The van der Waals surface area contributed by atoms with Gasteiger partial charge in [0, 0.05) is 12.4 Å². The number of benzene rings is 1. The van der Waals surface area contributed by atoms with Crippen molar-refractivity contribution in [3.8, 4) is 0 Å². The van der Waals surface area contributed by atoms with E-state index in [0.717, 1.165) is 18.3 Å². The van der Waals surface area contributed by atoms with Gasteiger partial charge in [-0.3, -0.25) is 0 Å². The van der Waals surface area contributed by atoms with Gasteiger partial charge in [-0.05, 0) is 37.4 Å². The van der Waals surface area contributed by atoms with Crippen LogP contribution < -0.4 is 0 Å². The largest absolute Gasteiger partial charge is 0.302 e. The predicted molar refractivity (Wildman–Crippen MR) is 65.6 cm³/mol. The molecular weight excluding hydrogens is 206 g/mol. The lowest BCUT2D eigenvalue weighted by Crippen LogP contribution is -2.34. The molecule has 1 aliphatic heterocycles. The molecule has 0 aromatic heterocycles. The summed E-state index contributed by atoms with van der Waals surface area (Å²) in [5, 5.41) is 0. The third-order valence-electron chi connectivity index (χ3n) is 3.26. The van der Waals surface area contributed by atoms with Gasteiger partial charge in [-0.15, -0.1) is 11.6 Å². The number of nitrogens with zero attached hydrogens (tertiary/aromatic N) is 1. The van der Waals surface area contributed by atoms with Gasteiger partial charge < -0.3 is 4.90 Å². The maximum atomic E-state index is 5.75. The lowest BCUT2D eigenvalue weighted by atomic mass is 9.89. The second kappa shape index (κ2) is 5.53. The molecule has 82 valence electrons. The Kier molecular flexibility index (Phi) is 4.04. The Hall–Kier alpha value is -0.530. The number of hydrogen-bond acceptors (Lipinski definition) is 1. The summed E-state index contributed by atoms with van der Waals surface area (Å²) in [5.74, 6) is 1.52. The molecule has 0 bridgehead atoms. The third-order valence-corrected chi connectivity index (χ3v) is 3.43. The maximum Gasteiger partial charge on any atom is 0.0351 e. The molecule has 0 saturated carbocycles. The van der Waals surface area contributed by atoms with Gasteiger partial charge in [-0.25, -0.2) is 0 Å². The van der Waals surface area contributed by atoms with Crippen LogP contribution in [0.5, 0.6) is 0 Å². The lowest BCUT2D eigenvalue weighted by molar-refractivity contribution is 0.223. The summed E-state index contributed by atoms with van der Waals surface area (Å²) in [6, 6.07) is 10.9. The van der Waals surface area contributed by atoms with Crippen LogP contribution in [-0.2, 0) is 0 Å². The molecule has 0 unspecified atom stereocenters. The average molecular weight is 224 g/mol. The fraction of sp³-hybridized carbons (Fsp3) is 0.538. The molecule has 15 heavy (non-hydrogen) atoms. The highest BCUT2D eigenvalue weighted by atomic mass is 35.5. The zero-order valence-electron chi connectivity index (χ0n) is 9.03. The van der Waals surface area contributed by atoms with Crippen molar-refractivity contribution in [2.24, 2.45) is 0 Å². The zero-order valence-corrected chi connectivity index (χ0v) is 9.79. The van der Waals surface area contributed by atoms with Gasteiger partial charge in [0.25, 0.3) is 0 Å².